The highest BCUT2D eigenvalue weighted by Gasteiger charge is 2.17. The predicted molar refractivity (Wildman–Crippen MR) is 87.0 cm³/mol. The number of nitrogen functional groups attached to an aromatic ring is 1. The normalized spacial score (nSPS) is 12.3. The van der Waals surface area contributed by atoms with Crippen molar-refractivity contribution < 1.29 is 0 Å². The topological polar surface area (TPSA) is 67.1 Å². The molecule has 1 aromatic heterocycles. The minimum Gasteiger partial charge on any atom is -0.382 e. The van der Waals surface area contributed by atoms with E-state index in [0.717, 1.165) is 19.6 Å². The number of hydrogen-bond donors (Lipinski definition) is 2. The first-order valence-electron chi connectivity index (χ1n) is 7.35. The van der Waals surface area contributed by atoms with E-state index in [2.05, 4.69) is 58.3 Å². The van der Waals surface area contributed by atoms with Crippen LogP contribution in [-0.4, -0.2) is 34.5 Å². The molecule has 0 bridgehead atoms. The van der Waals surface area contributed by atoms with Gasteiger partial charge in [-0.05, 0) is 18.7 Å². The lowest BCUT2D eigenvalue weighted by atomic mass is 10.1. The Bertz CT molecular complexity index is 539. The Hall–Kier alpha value is -2.14. The molecular formula is C16H23N5. The Balaban J connectivity index is 2.13. The number of hydrogen-bond acceptors (Lipinski definition) is 5. The SMILES string of the molecule is CCN(CC)C(CNc1cncc(N)n1)c1ccccc1. The fraction of sp³-hybridized carbons (Fsp3) is 0.375. The lowest BCUT2D eigenvalue weighted by molar-refractivity contribution is 0.228. The first-order chi connectivity index (χ1) is 10.2. The van der Waals surface area contributed by atoms with Gasteiger partial charge >= 0.3 is 0 Å². The number of aromatic nitrogens is 2. The Morgan fingerprint density at radius 2 is 1.86 bits per heavy atom. The number of nitrogens with zero attached hydrogens (tertiary/aromatic N) is 3. The summed E-state index contributed by atoms with van der Waals surface area (Å²) < 4.78 is 0. The van der Waals surface area contributed by atoms with Crippen molar-refractivity contribution in [3.8, 4) is 0 Å². The van der Waals surface area contributed by atoms with Gasteiger partial charge in [-0.1, -0.05) is 44.2 Å². The summed E-state index contributed by atoms with van der Waals surface area (Å²) in [6, 6.07) is 10.8. The van der Waals surface area contributed by atoms with Crippen LogP contribution in [0, 0.1) is 0 Å². The maximum absolute atomic E-state index is 5.66. The van der Waals surface area contributed by atoms with Crippen LogP contribution < -0.4 is 11.1 Å². The van der Waals surface area contributed by atoms with E-state index in [0.29, 0.717) is 17.7 Å². The molecule has 0 aliphatic rings. The monoisotopic (exact) mass is 285 g/mol. The summed E-state index contributed by atoms with van der Waals surface area (Å²) in [6.45, 7) is 7.13. The van der Waals surface area contributed by atoms with Crippen LogP contribution in [0.15, 0.2) is 42.7 Å². The minimum absolute atomic E-state index is 0.296. The van der Waals surface area contributed by atoms with Crippen molar-refractivity contribution in [2.24, 2.45) is 0 Å². The summed E-state index contributed by atoms with van der Waals surface area (Å²) in [5.74, 6) is 1.14. The molecule has 0 aliphatic heterocycles. The maximum atomic E-state index is 5.66. The van der Waals surface area contributed by atoms with Gasteiger partial charge in [0.25, 0.3) is 0 Å². The molecular weight excluding hydrogens is 262 g/mol. The van der Waals surface area contributed by atoms with Crippen molar-refractivity contribution in [2.75, 3.05) is 30.7 Å². The number of likely N-dealkylation sites (N-methyl/N-ethyl adjacent to an activating group) is 1. The Kier molecular flexibility index (Phi) is 5.51. The van der Waals surface area contributed by atoms with Gasteiger partial charge in [-0.3, -0.25) is 9.88 Å². The fourth-order valence-corrected chi connectivity index (χ4v) is 2.46. The Morgan fingerprint density at radius 3 is 2.48 bits per heavy atom. The van der Waals surface area contributed by atoms with Crippen molar-refractivity contribution in [3.63, 3.8) is 0 Å². The van der Waals surface area contributed by atoms with Gasteiger partial charge in [-0.25, -0.2) is 4.98 Å². The van der Waals surface area contributed by atoms with E-state index in [-0.39, 0.29) is 0 Å². The molecule has 1 atom stereocenters. The summed E-state index contributed by atoms with van der Waals surface area (Å²) >= 11 is 0. The summed E-state index contributed by atoms with van der Waals surface area (Å²) in [6.07, 6.45) is 3.24. The van der Waals surface area contributed by atoms with E-state index < -0.39 is 0 Å². The van der Waals surface area contributed by atoms with E-state index in [4.69, 9.17) is 5.73 Å². The van der Waals surface area contributed by atoms with E-state index in [1.807, 2.05) is 6.07 Å². The molecule has 1 unspecified atom stereocenters. The third-order valence-electron chi connectivity index (χ3n) is 3.57. The molecule has 0 spiro atoms. The molecule has 1 aromatic carbocycles. The first-order valence-corrected chi connectivity index (χ1v) is 7.35. The summed E-state index contributed by atoms with van der Waals surface area (Å²) in [4.78, 5) is 10.7. The van der Waals surface area contributed by atoms with Gasteiger partial charge in [0.2, 0.25) is 0 Å². The molecule has 3 N–H and O–H groups in total. The maximum Gasteiger partial charge on any atom is 0.147 e. The first kappa shape index (κ1) is 15.3. The summed E-state index contributed by atoms with van der Waals surface area (Å²) in [7, 11) is 0. The largest absolute Gasteiger partial charge is 0.382 e. The van der Waals surface area contributed by atoms with Crippen LogP contribution >= 0.6 is 0 Å². The molecule has 0 saturated carbocycles. The van der Waals surface area contributed by atoms with Gasteiger partial charge in [0.05, 0.1) is 18.4 Å². The highest BCUT2D eigenvalue weighted by molar-refractivity contribution is 5.38. The lowest BCUT2D eigenvalue weighted by Crippen LogP contribution is -2.33. The third-order valence-corrected chi connectivity index (χ3v) is 3.57. The highest BCUT2D eigenvalue weighted by atomic mass is 15.2. The van der Waals surface area contributed by atoms with Gasteiger partial charge in [0, 0.05) is 6.54 Å². The molecule has 112 valence electrons. The number of benzene rings is 1. The van der Waals surface area contributed by atoms with Gasteiger partial charge in [-0.15, -0.1) is 0 Å². The van der Waals surface area contributed by atoms with Crippen LogP contribution in [0.3, 0.4) is 0 Å². The average molecular weight is 285 g/mol. The zero-order chi connectivity index (χ0) is 15.1. The minimum atomic E-state index is 0.296. The second kappa shape index (κ2) is 7.59. The second-order valence-corrected chi connectivity index (χ2v) is 4.86. The smallest absolute Gasteiger partial charge is 0.147 e. The molecule has 5 nitrogen and oxygen atoms in total. The summed E-state index contributed by atoms with van der Waals surface area (Å²) in [5, 5.41) is 3.34. The lowest BCUT2D eigenvalue weighted by Gasteiger charge is -2.30. The van der Waals surface area contributed by atoms with E-state index >= 15 is 0 Å². The molecule has 21 heavy (non-hydrogen) atoms. The van der Waals surface area contributed by atoms with Crippen molar-refractivity contribution in [2.45, 2.75) is 19.9 Å². The van der Waals surface area contributed by atoms with Crippen molar-refractivity contribution in [1.29, 1.82) is 0 Å². The highest BCUT2D eigenvalue weighted by Crippen LogP contribution is 2.20. The molecule has 0 saturated heterocycles. The molecule has 0 aliphatic carbocycles. The van der Waals surface area contributed by atoms with Crippen LogP contribution in [0.1, 0.15) is 25.5 Å². The summed E-state index contributed by atoms with van der Waals surface area (Å²) in [5.41, 5.74) is 6.96. The Morgan fingerprint density at radius 1 is 1.14 bits per heavy atom. The van der Waals surface area contributed by atoms with Crippen LogP contribution in [0.4, 0.5) is 11.6 Å². The standard InChI is InChI=1S/C16H23N5/c1-3-21(4-2)14(13-8-6-5-7-9-13)10-19-16-12-18-11-15(17)20-16/h5-9,11-12,14H,3-4,10H2,1-2H3,(H3,17,19,20). The van der Waals surface area contributed by atoms with Crippen molar-refractivity contribution >= 4 is 11.6 Å². The van der Waals surface area contributed by atoms with E-state index in [1.54, 1.807) is 12.4 Å². The second-order valence-electron chi connectivity index (χ2n) is 4.86. The van der Waals surface area contributed by atoms with Crippen LogP contribution in [0.25, 0.3) is 0 Å². The zero-order valence-corrected chi connectivity index (χ0v) is 12.7. The molecule has 2 aromatic rings. The van der Waals surface area contributed by atoms with E-state index in [9.17, 15) is 0 Å². The molecule has 0 fully saturated rings. The van der Waals surface area contributed by atoms with Crippen LogP contribution in [0.2, 0.25) is 0 Å². The van der Waals surface area contributed by atoms with Crippen molar-refractivity contribution in [1.82, 2.24) is 14.9 Å². The molecule has 0 radical (unpaired) electrons. The van der Waals surface area contributed by atoms with Crippen LogP contribution in [0.5, 0.6) is 0 Å². The molecule has 0 amide bonds. The van der Waals surface area contributed by atoms with Crippen molar-refractivity contribution in [3.05, 3.63) is 48.3 Å². The number of anilines is 2. The van der Waals surface area contributed by atoms with Crippen LogP contribution in [-0.2, 0) is 0 Å². The number of rotatable bonds is 7. The fourth-order valence-electron chi connectivity index (χ4n) is 2.46. The van der Waals surface area contributed by atoms with Gasteiger partial charge < -0.3 is 11.1 Å². The van der Waals surface area contributed by atoms with Gasteiger partial charge in [0.15, 0.2) is 0 Å². The zero-order valence-electron chi connectivity index (χ0n) is 12.7. The third kappa shape index (κ3) is 4.16. The van der Waals surface area contributed by atoms with Gasteiger partial charge in [0.1, 0.15) is 11.6 Å². The Labute approximate surface area is 126 Å². The number of nitrogens with one attached hydrogen (secondary N) is 1. The van der Waals surface area contributed by atoms with Gasteiger partial charge in [-0.2, -0.15) is 0 Å². The molecule has 2 rings (SSSR count). The van der Waals surface area contributed by atoms with E-state index in [1.165, 1.54) is 5.56 Å². The quantitative estimate of drug-likeness (QED) is 0.818. The molecule has 1 heterocycles. The molecule has 5 heteroatoms. The number of nitrogens with two attached hydrogens (primary N) is 1. The predicted octanol–water partition coefficient (Wildman–Crippen LogP) is 2.55. The average Bonchev–Trinajstić information content (AvgIpc) is 2.52.